The van der Waals surface area contributed by atoms with Gasteiger partial charge in [-0.25, -0.2) is 17.6 Å². The Morgan fingerprint density at radius 1 is 1.13 bits per heavy atom. The molecule has 4 aliphatic heterocycles. The van der Waals surface area contributed by atoms with Crippen molar-refractivity contribution in [1.29, 1.82) is 5.26 Å². The van der Waals surface area contributed by atoms with Crippen LogP contribution < -0.4 is 20.7 Å². The number of piperazine rings is 1. The number of aromatic nitrogens is 2. The van der Waals surface area contributed by atoms with E-state index in [9.17, 15) is 14.0 Å². The maximum atomic E-state index is 16.8. The highest BCUT2D eigenvalue weighted by atomic mass is 35.5. The molecule has 6 heterocycles. The van der Waals surface area contributed by atoms with Crippen molar-refractivity contribution in [1.82, 2.24) is 20.2 Å². The minimum absolute atomic E-state index is 0.0000784. The summed E-state index contributed by atoms with van der Waals surface area (Å²) in [5.74, 6) is -2.55. The third-order valence-electron chi connectivity index (χ3n) is 9.87. The van der Waals surface area contributed by atoms with Crippen LogP contribution in [0.3, 0.4) is 0 Å². The van der Waals surface area contributed by atoms with E-state index in [-0.39, 0.29) is 67.6 Å². The van der Waals surface area contributed by atoms with E-state index in [1.54, 1.807) is 0 Å². The first kappa shape index (κ1) is 29.0. The largest absolute Gasteiger partial charge is 0.461 e. The molecule has 8 rings (SSSR count). The van der Waals surface area contributed by atoms with Gasteiger partial charge in [0.25, 0.3) is 0 Å². The first-order valence-corrected chi connectivity index (χ1v) is 16.2. The number of fused-ring (bicyclic) bond motifs is 5. The van der Waals surface area contributed by atoms with Crippen LogP contribution in [-0.2, 0) is 0 Å². The molecule has 2 aromatic carbocycles. The van der Waals surface area contributed by atoms with Crippen molar-refractivity contribution in [2.24, 2.45) is 0 Å². The number of nitriles is 1. The van der Waals surface area contributed by atoms with E-state index in [2.05, 4.69) is 20.2 Å². The van der Waals surface area contributed by atoms with Gasteiger partial charge in [0.1, 0.15) is 41.0 Å². The summed E-state index contributed by atoms with van der Waals surface area (Å²) in [6, 6.07) is 4.46. The number of anilines is 2. The Balaban J connectivity index is 1.32. The molecule has 2 aromatic heterocycles. The smallest absolute Gasteiger partial charge is 0.319 e. The molecule has 234 valence electrons. The topological polar surface area (TPSA) is 103 Å². The Morgan fingerprint density at radius 2 is 1.91 bits per heavy atom. The van der Waals surface area contributed by atoms with E-state index in [4.69, 9.17) is 22.1 Å². The standard InChI is InChI=1S/C31H28ClF4N7OS/c32-23-22-26(25(36)21(24(23)35)17-4-5-19(34)27-20(17)18(9-37)28(38)45-27)40-30(41-29(22)42-11-15-2-3-16(12-42)39-15)44-13-31-6-1-7-43(31)10-14(33)8-31/h4-5,14-16,39H,1-3,6-8,10-13,38H2/t14-,15?,16?,31+/m1/s1. The Labute approximate surface area is 264 Å². The van der Waals surface area contributed by atoms with E-state index in [0.29, 0.717) is 26.1 Å². The van der Waals surface area contributed by atoms with Crippen LogP contribution in [0.25, 0.3) is 32.1 Å². The van der Waals surface area contributed by atoms with Gasteiger partial charge >= 0.3 is 6.01 Å². The molecule has 14 heteroatoms. The van der Waals surface area contributed by atoms with Gasteiger partial charge in [0.15, 0.2) is 11.6 Å². The van der Waals surface area contributed by atoms with Gasteiger partial charge in [-0.05, 0) is 43.9 Å². The maximum Gasteiger partial charge on any atom is 0.319 e. The molecule has 0 spiro atoms. The SMILES string of the molecule is N#Cc1c(N)sc2c(F)ccc(-c3c(F)c(Cl)c4c(N5CC6CCC(C5)N6)nc(OC[C@@]56CCCN5C[C@H](F)C6)nc4c3F)c12. The van der Waals surface area contributed by atoms with Crippen molar-refractivity contribution in [3.05, 3.63) is 40.2 Å². The summed E-state index contributed by atoms with van der Waals surface area (Å²) in [4.78, 5) is 13.2. The number of benzene rings is 2. The molecule has 0 amide bonds. The third kappa shape index (κ3) is 4.44. The zero-order chi connectivity index (χ0) is 31.2. The van der Waals surface area contributed by atoms with Crippen molar-refractivity contribution in [3.8, 4) is 23.2 Å². The Bertz CT molecular complexity index is 1920. The van der Waals surface area contributed by atoms with Gasteiger partial charge in [0.05, 0.1) is 31.8 Å². The second-order valence-corrected chi connectivity index (χ2v) is 14.0. The lowest BCUT2D eigenvalue weighted by Crippen LogP contribution is -2.51. The molecule has 45 heavy (non-hydrogen) atoms. The van der Waals surface area contributed by atoms with Crippen LogP contribution in [0, 0.1) is 28.8 Å². The van der Waals surface area contributed by atoms with E-state index >= 15 is 8.78 Å². The van der Waals surface area contributed by atoms with Gasteiger partial charge in [0, 0.05) is 43.5 Å². The number of hydrogen-bond acceptors (Lipinski definition) is 9. The summed E-state index contributed by atoms with van der Waals surface area (Å²) in [5.41, 5.74) is 4.53. The average Bonchev–Trinajstić information content (AvgIpc) is 3.75. The molecular weight excluding hydrogens is 630 g/mol. The minimum Gasteiger partial charge on any atom is -0.461 e. The number of hydrogen-bond donors (Lipinski definition) is 2. The summed E-state index contributed by atoms with van der Waals surface area (Å²) < 4.78 is 68.6. The van der Waals surface area contributed by atoms with Crippen LogP contribution in [0.5, 0.6) is 6.01 Å². The Kier molecular flexibility index (Phi) is 6.80. The van der Waals surface area contributed by atoms with Crippen molar-refractivity contribution < 1.29 is 22.3 Å². The molecule has 4 aliphatic rings. The Morgan fingerprint density at radius 3 is 2.67 bits per heavy atom. The third-order valence-corrected chi connectivity index (χ3v) is 11.3. The van der Waals surface area contributed by atoms with Crippen molar-refractivity contribution in [2.75, 3.05) is 43.4 Å². The van der Waals surface area contributed by atoms with Gasteiger partial charge in [0.2, 0.25) is 0 Å². The monoisotopic (exact) mass is 657 g/mol. The van der Waals surface area contributed by atoms with Crippen molar-refractivity contribution in [2.45, 2.75) is 55.9 Å². The molecule has 3 N–H and O–H groups in total. The molecule has 4 atom stereocenters. The summed E-state index contributed by atoms with van der Waals surface area (Å²) in [6.07, 6.45) is 2.97. The lowest BCUT2D eigenvalue weighted by molar-refractivity contribution is 0.107. The molecule has 4 fully saturated rings. The number of alkyl halides is 1. The van der Waals surface area contributed by atoms with Crippen LogP contribution in [0.2, 0.25) is 5.02 Å². The normalized spacial score (nSPS) is 26.2. The molecule has 4 aromatic rings. The number of nitrogens with two attached hydrogens (primary N) is 1. The summed E-state index contributed by atoms with van der Waals surface area (Å²) >= 11 is 7.56. The fraction of sp³-hybridized carbons (Fsp3) is 0.452. The van der Waals surface area contributed by atoms with Gasteiger partial charge in [-0.2, -0.15) is 15.2 Å². The zero-order valence-corrected chi connectivity index (χ0v) is 25.5. The van der Waals surface area contributed by atoms with Crippen LogP contribution in [0.1, 0.15) is 37.7 Å². The summed E-state index contributed by atoms with van der Waals surface area (Å²) in [7, 11) is 0. The molecular formula is C31H28ClF4N7OS. The highest BCUT2D eigenvalue weighted by Crippen LogP contribution is 2.47. The molecule has 8 nitrogen and oxygen atoms in total. The van der Waals surface area contributed by atoms with Crippen LogP contribution in [0.15, 0.2) is 12.1 Å². The first-order valence-electron chi connectivity index (χ1n) is 15.0. The predicted molar refractivity (Wildman–Crippen MR) is 165 cm³/mol. The number of nitrogens with zero attached hydrogens (tertiary/aromatic N) is 5. The highest BCUT2D eigenvalue weighted by Gasteiger charge is 2.49. The minimum atomic E-state index is -1.08. The number of thiophene rings is 1. The summed E-state index contributed by atoms with van der Waals surface area (Å²) in [5, 5.41) is 13.0. The van der Waals surface area contributed by atoms with Crippen molar-refractivity contribution in [3.63, 3.8) is 0 Å². The maximum absolute atomic E-state index is 16.8. The Hall–Kier alpha value is -3.44. The van der Waals surface area contributed by atoms with E-state index < -0.39 is 39.7 Å². The molecule has 2 bridgehead atoms. The average molecular weight is 658 g/mol. The molecule has 0 saturated carbocycles. The van der Waals surface area contributed by atoms with Gasteiger partial charge < -0.3 is 20.7 Å². The zero-order valence-electron chi connectivity index (χ0n) is 24.0. The first-order chi connectivity index (χ1) is 21.7. The van der Waals surface area contributed by atoms with Gasteiger partial charge in [-0.15, -0.1) is 11.3 Å². The van der Waals surface area contributed by atoms with E-state index in [1.165, 1.54) is 6.07 Å². The lowest BCUT2D eigenvalue weighted by atomic mass is 9.95. The fourth-order valence-electron chi connectivity index (χ4n) is 7.88. The summed E-state index contributed by atoms with van der Waals surface area (Å²) in [6.45, 7) is 2.32. The molecule has 4 saturated heterocycles. The number of halogens is 5. The molecule has 2 unspecified atom stereocenters. The fourth-order valence-corrected chi connectivity index (χ4v) is 9.10. The molecule has 0 aliphatic carbocycles. The van der Waals surface area contributed by atoms with Gasteiger partial charge in [-0.1, -0.05) is 17.7 Å². The predicted octanol–water partition coefficient (Wildman–Crippen LogP) is 5.93. The van der Waals surface area contributed by atoms with Crippen molar-refractivity contribution >= 4 is 54.7 Å². The number of ether oxygens (including phenoxy) is 1. The molecule has 0 radical (unpaired) electrons. The number of nitrogens with one attached hydrogen (secondary N) is 1. The van der Waals surface area contributed by atoms with Crippen LogP contribution in [-0.4, -0.2) is 71.4 Å². The van der Waals surface area contributed by atoms with Crippen LogP contribution in [0.4, 0.5) is 28.4 Å². The quantitative estimate of drug-likeness (QED) is 0.201. The van der Waals surface area contributed by atoms with E-state index in [1.807, 2.05) is 11.0 Å². The van der Waals surface area contributed by atoms with Gasteiger partial charge in [-0.3, -0.25) is 4.90 Å². The second-order valence-electron chi connectivity index (χ2n) is 12.5. The lowest BCUT2D eigenvalue weighted by Gasteiger charge is -2.35. The number of nitrogen functional groups attached to an aromatic ring is 1. The van der Waals surface area contributed by atoms with Crippen LogP contribution >= 0.6 is 22.9 Å². The van der Waals surface area contributed by atoms with E-state index in [0.717, 1.165) is 49.6 Å². The number of rotatable bonds is 5. The second kappa shape index (κ2) is 10.6. The highest BCUT2D eigenvalue weighted by molar-refractivity contribution is 7.23.